The fourth-order valence-electron chi connectivity index (χ4n) is 4.42. The summed E-state index contributed by atoms with van der Waals surface area (Å²) in [5.41, 5.74) is 1.62. The van der Waals surface area contributed by atoms with Crippen molar-refractivity contribution in [3.63, 3.8) is 0 Å². The summed E-state index contributed by atoms with van der Waals surface area (Å²) in [6.07, 6.45) is 1.77. The zero-order valence-corrected chi connectivity index (χ0v) is 16.4. The van der Waals surface area contributed by atoms with Crippen molar-refractivity contribution in [1.29, 1.82) is 0 Å². The molecule has 0 atom stereocenters. The van der Waals surface area contributed by atoms with Crippen molar-refractivity contribution in [2.75, 3.05) is 36.0 Å². The first-order chi connectivity index (χ1) is 13.9. The molecule has 2 aliphatic heterocycles. The van der Waals surface area contributed by atoms with Gasteiger partial charge in [-0.05, 0) is 20.3 Å². The standard InChI is InChI=1S/C19H22F2N8/c1-12-5-16(25-13(2)24-12)28-10-19(11-28)3-4-27(9-19)18-22-6-14-7-23-29(8-15(20)21)17(14)26-18/h5-7,15H,3-4,8-11H2,1-2H3. The van der Waals surface area contributed by atoms with Crippen molar-refractivity contribution in [1.82, 2.24) is 29.7 Å². The minimum Gasteiger partial charge on any atom is -0.355 e. The van der Waals surface area contributed by atoms with Crippen LogP contribution in [0, 0.1) is 19.3 Å². The summed E-state index contributed by atoms with van der Waals surface area (Å²) >= 11 is 0. The molecule has 152 valence electrons. The first-order valence-electron chi connectivity index (χ1n) is 9.70. The molecular formula is C19H22F2N8. The first-order valence-corrected chi connectivity index (χ1v) is 9.70. The molecule has 2 fully saturated rings. The number of hydrogen-bond acceptors (Lipinski definition) is 7. The van der Waals surface area contributed by atoms with Gasteiger partial charge in [-0.2, -0.15) is 10.1 Å². The third kappa shape index (κ3) is 3.26. The Labute approximate surface area is 166 Å². The molecule has 0 saturated carbocycles. The van der Waals surface area contributed by atoms with Gasteiger partial charge in [0.05, 0.1) is 11.6 Å². The van der Waals surface area contributed by atoms with Gasteiger partial charge in [0.2, 0.25) is 5.95 Å². The average Bonchev–Trinajstić information content (AvgIpc) is 3.24. The molecule has 0 N–H and O–H groups in total. The molecule has 5 rings (SSSR count). The van der Waals surface area contributed by atoms with E-state index in [0.717, 1.165) is 49.9 Å². The molecule has 0 radical (unpaired) electrons. The quantitative estimate of drug-likeness (QED) is 0.665. The van der Waals surface area contributed by atoms with E-state index in [9.17, 15) is 8.78 Å². The summed E-state index contributed by atoms with van der Waals surface area (Å²) in [4.78, 5) is 22.3. The van der Waals surface area contributed by atoms with Gasteiger partial charge in [0.25, 0.3) is 6.43 Å². The van der Waals surface area contributed by atoms with Crippen molar-refractivity contribution in [2.24, 2.45) is 5.41 Å². The van der Waals surface area contributed by atoms with Crippen LogP contribution in [0.4, 0.5) is 20.5 Å². The van der Waals surface area contributed by atoms with Crippen LogP contribution < -0.4 is 9.80 Å². The smallest absolute Gasteiger partial charge is 0.258 e. The second kappa shape index (κ2) is 6.57. The van der Waals surface area contributed by atoms with Crippen LogP contribution in [0.2, 0.25) is 0 Å². The number of fused-ring (bicyclic) bond motifs is 1. The Kier molecular flexibility index (Phi) is 4.11. The van der Waals surface area contributed by atoms with Crippen LogP contribution >= 0.6 is 0 Å². The molecule has 0 amide bonds. The summed E-state index contributed by atoms with van der Waals surface area (Å²) in [5, 5.41) is 4.69. The number of halogens is 2. The molecule has 3 aromatic heterocycles. The van der Waals surface area contributed by atoms with E-state index in [-0.39, 0.29) is 5.41 Å². The maximum atomic E-state index is 12.8. The van der Waals surface area contributed by atoms with Crippen LogP contribution in [0.5, 0.6) is 0 Å². The van der Waals surface area contributed by atoms with Crippen molar-refractivity contribution in [3.8, 4) is 0 Å². The molecule has 8 nitrogen and oxygen atoms in total. The van der Waals surface area contributed by atoms with Gasteiger partial charge in [-0.3, -0.25) is 0 Å². The second-order valence-corrected chi connectivity index (χ2v) is 8.11. The molecule has 2 saturated heterocycles. The summed E-state index contributed by atoms with van der Waals surface area (Å²) in [6.45, 7) is 7.00. The number of alkyl halides is 2. The van der Waals surface area contributed by atoms with E-state index in [1.54, 1.807) is 6.20 Å². The minimum atomic E-state index is -2.47. The summed E-state index contributed by atoms with van der Waals surface area (Å²) in [7, 11) is 0. The topological polar surface area (TPSA) is 75.9 Å². The van der Waals surface area contributed by atoms with Gasteiger partial charge in [-0.15, -0.1) is 0 Å². The van der Waals surface area contributed by atoms with Crippen LogP contribution in [0.15, 0.2) is 18.5 Å². The molecule has 29 heavy (non-hydrogen) atoms. The Morgan fingerprint density at radius 3 is 2.62 bits per heavy atom. The van der Waals surface area contributed by atoms with E-state index in [4.69, 9.17) is 0 Å². The number of nitrogens with zero attached hydrogens (tertiary/aromatic N) is 8. The number of hydrogen-bond donors (Lipinski definition) is 0. The predicted octanol–water partition coefficient (Wildman–Crippen LogP) is 2.21. The largest absolute Gasteiger partial charge is 0.355 e. The maximum Gasteiger partial charge on any atom is 0.258 e. The zero-order chi connectivity index (χ0) is 20.2. The molecule has 5 heterocycles. The molecule has 0 aliphatic carbocycles. The fourth-order valence-corrected chi connectivity index (χ4v) is 4.42. The number of aromatic nitrogens is 6. The van der Waals surface area contributed by atoms with Crippen molar-refractivity contribution >= 4 is 22.8 Å². The highest BCUT2D eigenvalue weighted by atomic mass is 19.3. The van der Waals surface area contributed by atoms with Gasteiger partial charge >= 0.3 is 0 Å². The van der Waals surface area contributed by atoms with Gasteiger partial charge in [0.1, 0.15) is 18.2 Å². The van der Waals surface area contributed by atoms with E-state index < -0.39 is 13.0 Å². The Balaban J connectivity index is 1.31. The molecule has 2 aliphatic rings. The highest BCUT2D eigenvalue weighted by Gasteiger charge is 2.48. The van der Waals surface area contributed by atoms with Crippen molar-refractivity contribution < 1.29 is 8.78 Å². The minimum absolute atomic E-state index is 0.189. The Hall–Kier alpha value is -2.91. The summed E-state index contributed by atoms with van der Waals surface area (Å²) < 4.78 is 26.8. The SMILES string of the molecule is Cc1cc(N2CC3(CCN(c4ncc5cnn(CC(F)F)c5n4)C3)C2)nc(C)n1. The van der Waals surface area contributed by atoms with Crippen LogP contribution in [0.1, 0.15) is 17.9 Å². The number of anilines is 2. The predicted molar refractivity (Wildman–Crippen MR) is 104 cm³/mol. The third-order valence-electron chi connectivity index (χ3n) is 5.73. The third-order valence-corrected chi connectivity index (χ3v) is 5.73. The molecule has 0 unspecified atom stereocenters. The van der Waals surface area contributed by atoms with E-state index in [2.05, 4.69) is 34.8 Å². The van der Waals surface area contributed by atoms with E-state index in [1.165, 1.54) is 10.9 Å². The van der Waals surface area contributed by atoms with Crippen LogP contribution in [-0.4, -0.2) is 62.3 Å². The lowest BCUT2D eigenvalue weighted by molar-refractivity contribution is 0.123. The highest BCUT2D eigenvalue weighted by molar-refractivity contribution is 5.74. The van der Waals surface area contributed by atoms with Gasteiger partial charge in [0, 0.05) is 49.6 Å². The highest BCUT2D eigenvalue weighted by Crippen LogP contribution is 2.42. The zero-order valence-electron chi connectivity index (χ0n) is 16.4. The fraction of sp³-hybridized carbons (Fsp3) is 0.526. The Bertz CT molecular complexity index is 1040. The summed E-state index contributed by atoms with van der Waals surface area (Å²) in [5.74, 6) is 2.35. The average molecular weight is 400 g/mol. The normalized spacial score (nSPS) is 18.2. The molecule has 10 heteroatoms. The summed E-state index contributed by atoms with van der Waals surface area (Å²) in [6, 6.07) is 2.02. The van der Waals surface area contributed by atoms with Crippen molar-refractivity contribution in [3.05, 3.63) is 30.0 Å². The molecule has 3 aromatic rings. The molecule has 0 bridgehead atoms. The van der Waals surface area contributed by atoms with Gasteiger partial charge in [-0.1, -0.05) is 0 Å². The lowest BCUT2D eigenvalue weighted by Gasteiger charge is -2.48. The first kappa shape index (κ1) is 18.1. The monoisotopic (exact) mass is 400 g/mol. The number of rotatable bonds is 4. The molecule has 0 aromatic carbocycles. The van der Waals surface area contributed by atoms with E-state index in [0.29, 0.717) is 17.0 Å². The maximum absolute atomic E-state index is 12.8. The lowest BCUT2D eigenvalue weighted by atomic mass is 9.79. The van der Waals surface area contributed by atoms with Gasteiger partial charge < -0.3 is 9.80 Å². The van der Waals surface area contributed by atoms with Crippen molar-refractivity contribution in [2.45, 2.75) is 33.2 Å². The second-order valence-electron chi connectivity index (χ2n) is 8.11. The van der Waals surface area contributed by atoms with E-state index in [1.807, 2.05) is 19.9 Å². The Morgan fingerprint density at radius 1 is 1.07 bits per heavy atom. The van der Waals surface area contributed by atoms with Gasteiger partial charge in [0.15, 0.2) is 5.65 Å². The van der Waals surface area contributed by atoms with Crippen LogP contribution in [0.25, 0.3) is 11.0 Å². The van der Waals surface area contributed by atoms with Gasteiger partial charge in [-0.25, -0.2) is 28.4 Å². The number of aryl methyl sites for hydroxylation is 2. The van der Waals surface area contributed by atoms with Crippen LogP contribution in [0.3, 0.4) is 0 Å². The Morgan fingerprint density at radius 2 is 1.86 bits per heavy atom. The lowest BCUT2D eigenvalue weighted by Crippen LogP contribution is -2.58. The molecule has 1 spiro atoms. The van der Waals surface area contributed by atoms with Crippen LogP contribution in [-0.2, 0) is 6.54 Å². The van der Waals surface area contributed by atoms with E-state index >= 15 is 0 Å². The molecular weight excluding hydrogens is 378 g/mol.